The highest BCUT2D eigenvalue weighted by atomic mass is 16.5. The summed E-state index contributed by atoms with van der Waals surface area (Å²) in [7, 11) is 0. The van der Waals surface area contributed by atoms with Crippen LogP contribution < -0.4 is 15.4 Å². The fourth-order valence-corrected chi connectivity index (χ4v) is 2.08. The van der Waals surface area contributed by atoms with Crippen LogP contribution in [0, 0.1) is 11.8 Å². The first-order chi connectivity index (χ1) is 8.20. The number of hydrogen-bond acceptors (Lipinski definition) is 3. The lowest BCUT2D eigenvalue weighted by Gasteiger charge is -2.43. The van der Waals surface area contributed by atoms with Crippen LogP contribution in [0.5, 0.6) is 5.75 Å². The molecule has 1 aromatic carbocycles. The van der Waals surface area contributed by atoms with Crippen molar-refractivity contribution in [3.8, 4) is 5.75 Å². The highest BCUT2D eigenvalue weighted by Crippen LogP contribution is 2.29. The van der Waals surface area contributed by atoms with Crippen molar-refractivity contribution >= 4 is 5.69 Å². The van der Waals surface area contributed by atoms with Crippen molar-refractivity contribution < 1.29 is 4.74 Å². The smallest absolute Gasteiger partial charge is 0.119 e. The second-order valence-corrected chi connectivity index (χ2v) is 5.04. The van der Waals surface area contributed by atoms with Gasteiger partial charge in [-0.2, -0.15) is 0 Å². The highest BCUT2D eigenvalue weighted by molar-refractivity contribution is 5.51. The summed E-state index contributed by atoms with van der Waals surface area (Å²) < 4.78 is 5.46. The van der Waals surface area contributed by atoms with Crippen LogP contribution in [0.15, 0.2) is 24.3 Å². The molecule has 0 amide bonds. The summed E-state index contributed by atoms with van der Waals surface area (Å²) >= 11 is 0. The largest absolute Gasteiger partial charge is 0.492 e. The summed E-state index contributed by atoms with van der Waals surface area (Å²) in [6, 6.07) is 8.30. The van der Waals surface area contributed by atoms with Gasteiger partial charge in [-0.1, -0.05) is 13.8 Å². The summed E-state index contributed by atoms with van der Waals surface area (Å²) in [6.07, 6.45) is 0. The lowest BCUT2D eigenvalue weighted by Crippen LogP contribution is -2.49. The molecule has 3 heteroatoms. The molecule has 0 spiro atoms. The Balaban J connectivity index is 1.87. The predicted molar refractivity (Wildman–Crippen MR) is 71.5 cm³/mol. The topological polar surface area (TPSA) is 38.5 Å². The minimum absolute atomic E-state index is 0.559. The van der Waals surface area contributed by atoms with E-state index in [-0.39, 0.29) is 0 Å². The van der Waals surface area contributed by atoms with Gasteiger partial charge in [0.05, 0.1) is 0 Å². The summed E-state index contributed by atoms with van der Waals surface area (Å²) in [4.78, 5) is 2.41. The van der Waals surface area contributed by atoms with Gasteiger partial charge in [0.25, 0.3) is 0 Å². The van der Waals surface area contributed by atoms with Crippen molar-refractivity contribution in [3.05, 3.63) is 24.3 Å². The maximum Gasteiger partial charge on any atom is 0.119 e. The van der Waals surface area contributed by atoms with E-state index in [0.29, 0.717) is 13.2 Å². The molecule has 2 rings (SSSR count). The summed E-state index contributed by atoms with van der Waals surface area (Å²) in [5.41, 5.74) is 6.69. The van der Waals surface area contributed by atoms with E-state index in [1.54, 1.807) is 0 Å². The van der Waals surface area contributed by atoms with Gasteiger partial charge in [0.15, 0.2) is 0 Å². The number of nitrogens with two attached hydrogens (primary N) is 1. The minimum Gasteiger partial charge on any atom is -0.492 e. The maximum absolute atomic E-state index is 5.46. The van der Waals surface area contributed by atoms with Crippen LogP contribution in [0.1, 0.15) is 13.8 Å². The number of rotatable bonds is 5. The Hall–Kier alpha value is -1.22. The molecule has 1 aliphatic rings. The number of benzene rings is 1. The lowest BCUT2D eigenvalue weighted by molar-refractivity contribution is 0.309. The maximum atomic E-state index is 5.46. The van der Waals surface area contributed by atoms with Gasteiger partial charge in [0.1, 0.15) is 12.4 Å². The van der Waals surface area contributed by atoms with Crippen molar-refractivity contribution in [2.24, 2.45) is 17.6 Å². The summed E-state index contributed by atoms with van der Waals surface area (Å²) in [5, 5.41) is 0. The van der Waals surface area contributed by atoms with E-state index in [1.165, 1.54) is 18.8 Å². The second-order valence-electron chi connectivity index (χ2n) is 5.04. The molecular weight excluding hydrogens is 212 g/mol. The third-order valence-electron chi connectivity index (χ3n) is 3.44. The first kappa shape index (κ1) is 12.2. The van der Waals surface area contributed by atoms with E-state index in [2.05, 4.69) is 30.9 Å². The molecule has 1 saturated heterocycles. The minimum atomic E-state index is 0.559. The Morgan fingerprint density at radius 2 is 1.94 bits per heavy atom. The molecule has 1 fully saturated rings. The molecule has 2 N–H and O–H groups in total. The fraction of sp³-hybridized carbons (Fsp3) is 0.571. The van der Waals surface area contributed by atoms with Gasteiger partial charge in [0, 0.05) is 25.3 Å². The molecule has 0 unspecified atom stereocenters. The average molecular weight is 234 g/mol. The molecule has 1 aliphatic heterocycles. The Morgan fingerprint density at radius 1 is 1.29 bits per heavy atom. The molecule has 1 heterocycles. The normalized spacial score (nSPS) is 16.1. The van der Waals surface area contributed by atoms with Crippen molar-refractivity contribution in [3.63, 3.8) is 0 Å². The molecule has 0 bridgehead atoms. The zero-order valence-corrected chi connectivity index (χ0v) is 10.7. The van der Waals surface area contributed by atoms with Gasteiger partial charge >= 0.3 is 0 Å². The highest BCUT2D eigenvalue weighted by Gasteiger charge is 2.28. The van der Waals surface area contributed by atoms with E-state index >= 15 is 0 Å². The lowest BCUT2D eigenvalue weighted by atomic mass is 9.88. The first-order valence-electron chi connectivity index (χ1n) is 6.38. The third kappa shape index (κ3) is 2.91. The Morgan fingerprint density at radius 3 is 2.47 bits per heavy atom. The summed E-state index contributed by atoms with van der Waals surface area (Å²) in [6.45, 7) is 8.10. The quantitative estimate of drug-likeness (QED) is 0.848. The molecule has 0 atom stereocenters. The van der Waals surface area contributed by atoms with Crippen LogP contribution in [-0.4, -0.2) is 26.2 Å². The van der Waals surface area contributed by atoms with E-state index in [0.717, 1.165) is 17.6 Å². The van der Waals surface area contributed by atoms with E-state index in [4.69, 9.17) is 10.5 Å². The molecular formula is C14H22N2O. The molecule has 0 saturated carbocycles. The van der Waals surface area contributed by atoms with Crippen LogP contribution in [0.2, 0.25) is 0 Å². The van der Waals surface area contributed by atoms with Crippen LogP contribution >= 0.6 is 0 Å². The molecule has 0 aromatic heterocycles. The Labute approximate surface area is 104 Å². The van der Waals surface area contributed by atoms with Crippen LogP contribution in [0.4, 0.5) is 5.69 Å². The van der Waals surface area contributed by atoms with E-state index < -0.39 is 0 Å². The SMILES string of the molecule is CC(C)C1CN(c2ccc(OCCN)cc2)C1. The molecule has 17 heavy (non-hydrogen) atoms. The first-order valence-corrected chi connectivity index (χ1v) is 6.38. The number of nitrogens with zero attached hydrogens (tertiary/aromatic N) is 1. The van der Waals surface area contributed by atoms with E-state index in [1.807, 2.05) is 12.1 Å². The van der Waals surface area contributed by atoms with Crippen molar-refractivity contribution in [2.75, 3.05) is 31.1 Å². The molecule has 3 nitrogen and oxygen atoms in total. The van der Waals surface area contributed by atoms with Crippen molar-refractivity contribution in [2.45, 2.75) is 13.8 Å². The van der Waals surface area contributed by atoms with Crippen LogP contribution in [-0.2, 0) is 0 Å². The Bertz CT molecular complexity index is 342. The van der Waals surface area contributed by atoms with E-state index in [9.17, 15) is 0 Å². The molecule has 0 radical (unpaired) electrons. The molecule has 1 aromatic rings. The van der Waals surface area contributed by atoms with Crippen LogP contribution in [0.3, 0.4) is 0 Å². The van der Waals surface area contributed by atoms with Crippen molar-refractivity contribution in [1.82, 2.24) is 0 Å². The fourth-order valence-electron chi connectivity index (χ4n) is 2.08. The van der Waals surface area contributed by atoms with Gasteiger partial charge in [-0.05, 0) is 36.1 Å². The number of hydrogen-bond donors (Lipinski definition) is 1. The van der Waals surface area contributed by atoms with Crippen molar-refractivity contribution in [1.29, 1.82) is 0 Å². The third-order valence-corrected chi connectivity index (χ3v) is 3.44. The summed E-state index contributed by atoms with van der Waals surface area (Å²) in [5.74, 6) is 2.54. The van der Waals surface area contributed by atoms with Gasteiger partial charge in [0.2, 0.25) is 0 Å². The number of anilines is 1. The van der Waals surface area contributed by atoms with Gasteiger partial charge in [-0.3, -0.25) is 0 Å². The van der Waals surface area contributed by atoms with Gasteiger partial charge in [-0.15, -0.1) is 0 Å². The Kier molecular flexibility index (Phi) is 3.89. The molecule has 0 aliphatic carbocycles. The second kappa shape index (κ2) is 5.41. The monoisotopic (exact) mass is 234 g/mol. The standard InChI is InChI=1S/C14H22N2O/c1-11(2)12-9-16(10-12)13-3-5-14(6-4-13)17-8-7-15/h3-6,11-12H,7-10,15H2,1-2H3. The predicted octanol–water partition coefficient (Wildman–Crippen LogP) is 2.12. The van der Waals surface area contributed by atoms with Gasteiger partial charge in [-0.25, -0.2) is 0 Å². The van der Waals surface area contributed by atoms with Crippen LogP contribution in [0.25, 0.3) is 0 Å². The van der Waals surface area contributed by atoms with Gasteiger partial charge < -0.3 is 15.4 Å². The average Bonchev–Trinajstić information content (AvgIpc) is 2.25. The molecule has 94 valence electrons. The number of ether oxygens (including phenoxy) is 1. The zero-order chi connectivity index (χ0) is 12.3. The zero-order valence-electron chi connectivity index (χ0n) is 10.7.